The number of carbonyl (C=O) groups excluding carboxylic acids is 2. The van der Waals surface area contributed by atoms with E-state index in [0.29, 0.717) is 31.1 Å². The molecule has 2 amide bonds. The molecule has 0 aromatic rings. The number of ether oxygens (including phenoxy) is 2. The van der Waals surface area contributed by atoms with Crippen molar-refractivity contribution in [3.8, 4) is 0 Å². The number of hydrogen-bond donors (Lipinski definition) is 0. The number of nitrogens with zero attached hydrogens (tertiary/aromatic N) is 2. The lowest BCUT2D eigenvalue weighted by molar-refractivity contribution is -0.123. The first-order valence-electron chi connectivity index (χ1n) is 9.00. The summed E-state index contributed by atoms with van der Waals surface area (Å²) >= 11 is 0. The first-order chi connectivity index (χ1) is 11.8. The van der Waals surface area contributed by atoms with Crippen molar-refractivity contribution in [1.29, 1.82) is 0 Å². The van der Waals surface area contributed by atoms with Gasteiger partial charge in [0.1, 0.15) is 11.4 Å². The van der Waals surface area contributed by atoms with Crippen LogP contribution in [0.5, 0.6) is 0 Å². The summed E-state index contributed by atoms with van der Waals surface area (Å²) in [6, 6.07) is -0.331. The smallest absolute Gasteiger partial charge is 0.410 e. The van der Waals surface area contributed by atoms with Crippen LogP contribution in [0.2, 0.25) is 0 Å². The molecule has 0 spiro atoms. The third kappa shape index (κ3) is 10.1. The molecule has 0 saturated carbocycles. The quantitative estimate of drug-likeness (QED) is 0.458. The van der Waals surface area contributed by atoms with Crippen molar-refractivity contribution in [2.45, 2.75) is 59.1 Å². The average Bonchev–Trinajstić information content (AvgIpc) is 2.49. The zero-order chi connectivity index (χ0) is 20.5. The van der Waals surface area contributed by atoms with Crippen LogP contribution < -0.4 is 0 Å². The van der Waals surface area contributed by atoms with Crippen LogP contribution in [0.4, 0.5) is 4.79 Å². The van der Waals surface area contributed by atoms with Gasteiger partial charge in [0.2, 0.25) is 5.91 Å². The first kappa shape index (κ1) is 24.0. The van der Waals surface area contributed by atoms with Crippen molar-refractivity contribution < 1.29 is 19.1 Å². The third-order valence-corrected chi connectivity index (χ3v) is 3.43. The van der Waals surface area contributed by atoms with Gasteiger partial charge < -0.3 is 19.3 Å². The molecule has 0 fully saturated rings. The molecule has 0 N–H and O–H groups in total. The van der Waals surface area contributed by atoms with Crippen LogP contribution in [0.25, 0.3) is 0 Å². The fraction of sp³-hybridized carbons (Fsp3) is 0.700. The van der Waals surface area contributed by atoms with E-state index in [1.165, 1.54) is 15.9 Å². The second-order valence-corrected chi connectivity index (χ2v) is 7.99. The van der Waals surface area contributed by atoms with E-state index in [1.807, 2.05) is 20.8 Å². The number of likely N-dealkylation sites (N-methyl/N-ethyl adjacent to an activating group) is 2. The van der Waals surface area contributed by atoms with Gasteiger partial charge in [-0.25, -0.2) is 4.79 Å². The van der Waals surface area contributed by atoms with Gasteiger partial charge in [0.15, 0.2) is 0 Å². The highest BCUT2D eigenvalue weighted by molar-refractivity contribution is 5.87. The molecule has 0 radical (unpaired) electrons. The summed E-state index contributed by atoms with van der Waals surface area (Å²) in [4.78, 5) is 27.0. The van der Waals surface area contributed by atoms with E-state index in [4.69, 9.17) is 9.47 Å². The summed E-state index contributed by atoms with van der Waals surface area (Å²) in [5.74, 6) is 0.813. The third-order valence-electron chi connectivity index (χ3n) is 3.43. The Morgan fingerprint density at radius 1 is 1.15 bits per heavy atom. The number of allylic oxidation sites excluding steroid dienone is 1. The largest absolute Gasteiger partial charge is 0.496 e. The van der Waals surface area contributed by atoms with Crippen LogP contribution in [0.1, 0.15) is 47.5 Å². The highest BCUT2D eigenvalue weighted by Gasteiger charge is 2.27. The molecule has 1 atom stereocenters. The molecule has 0 aromatic carbocycles. The van der Waals surface area contributed by atoms with Gasteiger partial charge in [-0.15, -0.1) is 0 Å². The van der Waals surface area contributed by atoms with Crippen molar-refractivity contribution >= 4 is 12.0 Å². The normalized spacial score (nSPS) is 12.8. The van der Waals surface area contributed by atoms with Gasteiger partial charge in [-0.3, -0.25) is 4.79 Å². The minimum atomic E-state index is -0.575. The topological polar surface area (TPSA) is 59.1 Å². The molecular weight excluding hydrogens is 332 g/mol. The second-order valence-electron chi connectivity index (χ2n) is 7.99. The van der Waals surface area contributed by atoms with Gasteiger partial charge in [-0.05, 0) is 45.6 Å². The predicted octanol–water partition coefficient (Wildman–Crippen LogP) is 3.83. The average molecular weight is 369 g/mol. The Labute approximate surface area is 158 Å². The summed E-state index contributed by atoms with van der Waals surface area (Å²) in [5, 5.41) is 0. The lowest BCUT2D eigenvalue weighted by Gasteiger charge is -2.31. The molecule has 0 aliphatic heterocycles. The molecule has 0 unspecified atom stereocenters. The van der Waals surface area contributed by atoms with Crippen LogP contribution in [0.15, 0.2) is 24.5 Å². The van der Waals surface area contributed by atoms with Crippen LogP contribution in [-0.2, 0) is 14.3 Å². The molecule has 0 aliphatic carbocycles. The van der Waals surface area contributed by atoms with E-state index in [-0.39, 0.29) is 11.9 Å². The van der Waals surface area contributed by atoms with Crippen molar-refractivity contribution in [2.24, 2.45) is 5.92 Å². The Hall–Kier alpha value is -1.98. The van der Waals surface area contributed by atoms with Crippen LogP contribution in [0.3, 0.4) is 0 Å². The maximum absolute atomic E-state index is 12.4. The maximum atomic E-state index is 12.4. The first-order valence-corrected chi connectivity index (χ1v) is 9.00. The van der Waals surface area contributed by atoms with Gasteiger partial charge in [0.05, 0.1) is 12.6 Å². The van der Waals surface area contributed by atoms with Crippen LogP contribution in [-0.4, -0.2) is 61.2 Å². The molecule has 0 saturated heterocycles. The Morgan fingerprint density at radius 2 is 1.73 bits per heavy atom. The number of hydrogen-bond acceptors (Lipinski definition) is 4. The van der Waals surface area contributed by atoms with Crippen LogP contribution >= 0.6 is 0 Å². The van der Waals surface area contributed by atoms with E-state index in [9.17, 15) is 9.59 Å². The van der Waals surface area contributed by atoms with Gasteiger partial charge in [0, 0.05) is 21.1 Å². The van der Waals surface area contributed by atoms with Crippen molar-refractivity contribution in [3.63, 3.8) is 0 Å². The second kappa shape index (κ2) is 10.9. The Balaban J connectivity index is 5.02. The molecule has 150 valence electrons. The Bertz CT molecular complexity index is 504. The minimum absolute atomic E-state index is 0.0723. The molecule has 0 heterocycles. The molecule has 0 bridgehead atoms. The van der Waals surface area contributed by atoms with E-state index in [2.05, 4.69) is 20.4 Å². The summed E-state index contributed by atoms with van der Waals surface area (Å²) in [6.45, 7) is 14.1. The van der Waals surface area contributed by atoms with Gasteiger partial charge >= 0.3 is 6.09 Å². The highest BCUT2D eigenvalue weighted by Crippen LogP contribution is 2.19. The lowest BCUT2D eigenvalue weighted by atomic mass is 10.1. The SMILES string of the molecule is C=C(OCC(C)C)[C@H](CC/C=C/C(=O)N(C)C)N(C)C(=O)OC(C)(C)C. The van der Waals surface area contributed by atoms with Crippen molar-refractivity contribution in [3.05, 3.63) is 24.5 Å². The molecule has 0 aromatic heterocycles. The summed E-state index contributed by atoms with van der Waals surface area (Å²) in [6.07, 6.45) is 4.10. The summed E-state index contributed by atoms with van der Waals surface area (Å²) in [5.41, 5.74) is -0.575. The standard InChI is InChI=1S/C20H36N2O4/c1-15(2)14-25-16(3)17(12-10-11-13-18(23)21(7)8)22(9)19(24)26-20(4,5)6/h11,13,15,17H,3,10,12,14H2,1-2,4-9H3/b13-11+/t17-/m0/s1. The van der Waals surface area contributed by atoms with Crippen LogP contribution in [0, 0.1) is 5.92 Å². The van der Waals surface area contributed by atoms with Gasteiger partial charge in [-0.1, -0.05) is 26.5 Å². The fourth-order valence-electron chi connectivity index (χ4n) is 1.99. The van der Waals surface area contributed by atoms with Crippen molar-refractivity contribution in [2.75, 3.05) is 27.7 Å². The molecule has 0 aliphatic rings. The Morgan fingerprint density at radius 3 is 2.19 bits per heavy atom. The fourth-order valence-corrected chi connectivity index (χ4v) is 1.99. The predicted molar refractivity (Wildman–Crippen MR) is 105 cm³/mol. The van der Waals surface area contributed by atoms with Crippen molar-refractivity contribution in [1.82, 2.24) is 9.80 Å². The molecule has 6 heteroatoms. The van der Waals surface area contributed by atoms with Gasteiger partial charge in [0.25, 0.3) is 0 Å². The highest BCUT2D eigenvalue weighted by atomic mass is 16.6. The number of amides is 2. The van der Waals surface area contributed by atoms with Gasteiger partial charge in [-0.2, -0.15) is 0 Å². The Kier molecular flexibility index (Phi) is 10.1. The van der Waals surface area contributed by atoms with E-state index in [0.717, 1.165) is 0 Å². The molecular formula is C20H36N2O4. The number of carbonyl (C=O) groups is 2. The minimum Gasteiger partial charge on any atom is -0.496 e. The zero-order valence-corrected chi connectivity index (χ0v) is 17.7. The summed E-state index contributed by atoms with van der Waals surface area (Å²) < 4.78 is 11.2. The molecule has 6 nitrogen and oxygen atoms in total. The zero-order valence-electron chi connectivity index (χ0n) is 17.7. The van der Waals surface area contributed by atoms with E-state index < -0.39 is 11.7 Å². The molecule has 26 heavy (non-hydrogen) atoms. The van der Waals surface area contributed by atoms with E-state index in [1.54, 1.807) is 27.2 Å². The monoisotopic (exact) mass is 368 g/mol. The van der Waals surface area contributed by atoms with E-state index >= 15 is 0 Å². The molecule has 0 rings (SSSR count). The lowest BCUT2D eigenvalue weighted by Crippen LogP contribution is -2.42. The summed E-state index contributed by atoms with van der Waals surface area (Å²) in [7, 11) is 5.08. The number of rotatable bonds is 9. The maximum Gasteiger partial charge on any atom is 0.410 e.